The summed E-state index contributed by atoms with van der Waals surface area (Å²) in [6.07, 6.45) is 3.46. The predicted octanol–water partition coefficient (Wildman–Crippen LogP) is 3.18. The third-order valence-electron chi connectivity index (χ3n) is 2.89. The summed E-state index contributed by atoms with van der Waals surface area (Å²) in [6, 6.07) is 5.93. The largest absolute Gasteiger partial charge is 0.466 e. The van der Waals surface area contributed by atoms with E-state index in [1.165, 1.54) is 11.0 Å². The van der Waals surface area contributed by atoms with E-state index >= 15 is 0 Å². The molecular weight excluding hydrogens is 334 g/mol. The Kier molecular flexibility index (Phi) is 7.15. The van der Waals surface area contributed by atoms with E-state index in [0.29, 0.717) is 13.2 Å². The molecule has 1 aromatic rings. The number of ether oxygens (including phenoxy) is 1. The van der Waals surface area contributed by atoms with Gasteiger partial charge in [0.1, 0.15) is 0 Å². The first-order chi connectivity index (χ1) is 9.93. The van der Waals surface area contributed by atoms with Crippen LogP contribution >= 0.6 is 15.9 Å². The Bertz CT molecular complexity index is 540. The normalized spacial score (nSPS) is 10.7. The Balaban J connectivity index is 2.55. The SMILES string of the molecule is CCOC(=O)CCN(C)C(=O)C=Cc1ccc(C)cc1Br. The Morgan fingerprint density at radius 2 is 2.10 bits per heavy atom. The van der Waals surface area contributed by atoms with E-state index in [9.17, 15) is 9.59 Å². The Morgan fingerprint density at radius 3 is 2.71 bits per heavy atom. The topological polar surface area (TPSA) is 46.6 Å². The second kappa shape index (κ2) is 8.62. The highest BCUT2D eigenvalue weighted by molar-refractivity contribution is 9.10. The maximum Gasteiger partial charge on any atom is 0.307 e. The molecule has 5 heteroatoms. The van der Waals surface area contributed by atoms with Gasteiger partial charge in [-0.1, -0.05) is 28.1 Å². The summed E-state index contributed by atoms with van der Waals surface area (Å²) >= 11 is 3.46. The van der Waals surface area contributed by atoms with Crippen molar-refractivity contribution in [1.29, 1.82) is 0 Å². The van der Waals surface area contributed by atoms with Crippen molar-refractivity contribution in [3.63, 3.8) is 0 Å². The first-order valence-electron chi connectivity index (χ1n) is 6.79. The summed E-state index contributed by atoms with van der Waals surface area (Å²) in [4.78, 5) is 24.7. The second-order valence-electron chi connectivity index (χ2n) is 4.67. The number of aryl methyl sites for hydroxylation is 1. The third kappa shape index (κ3) is 6.12. The Labute approximate surface area is 133 Å². The second-order valence-corrected chi connectivity index (χ2v) is 5.53. The molecule has 1 aromatic carbocycles. The van der Waals surface area contributed by atoms with Gasteiger partial charge < -0.3 is 9.64 Å². The fourth-order valence-electron chi connectivity index (χ4n) is 1.66. The Morgan fingerprint density at radius 1 is 1.38 bits per heavy atom. The lowest BCUT2D eigenvalue weighted by molar-refractivity contribution is -0.143. The van der Waals surface area contributed by atoms with Crippen molar-refractivity contribution in [2.45, 2.75) is 20.3 Å². The number of carbonyl (C=O) groups is 2. The predicted molar refractivity (Wildman–Crippen MR) is 86.8 cm³/mol. The molecular formula is C16H20BrNO3. The number of nitrogens with zero attached hydrogens (tertiary/aromatic N) is 1. The average molecular weight is 354 g/mol. The molecule has 0 aliphatic rings. The van der Waals surface area contributed by atoms with Gasteiger partial charge in [0.15, 0.2) is 0 Å². The Hall–Kier alpha value is -1.62. The van der Waals surface area contributed by atoms with Crippen LogP contribution in [0.3, 0.4) is 0 Å². The van der Waals surface area contributed by atoms with Crippen LogP contribution in [0.5, 0.6) is 0 Å². The molecule has 0 saturated carbocycles. The van der Waals surface area contributed by atoms with Crippen molar-refractivity contribution < 1.29 is 14.3 Å². The van der Waals surface area contributed by atoms with Crippen LogP contribution < -0.4 is 0 Å². The van der Waals surface area contributed by atoms with Crippen molar-refractivity contribution in [1.82, 2.24) is 4.90 Å². The average Bonchev–Trinajstić information content (AvgIpc) is 2.43. The number of amides is 1. The number of halogens is 1. The number of hydrogen-bond donors (Lipinski definition) is 0. The molecule has 1 amide bonds. The highest BCUT2D eigenvalue weighted by atomic mass is 79.9. The molecule has 0 saturated heterocycles. The van der Waals surface area contributed by atoms with Crippen LogP contribution in [0, 0.1) is 6.92 Å². The molecule has 0 radical (unpaired) electrons. The minimum absolute atomic E-state index is 0.147. The fourth-order valence-corrected chi connectivity index (χ4v) is 2.28. The zero-order valence-corrected chi connectivity index (χ0v) is 14.1. The number of benzene rings is 1. The summed E-state index contributed by atoms with van der Waals surface area (Å²) in [7, 11) is 1.66. The number of esters is 1. The van der Waals surface area contributed by atoms with Gasteiger partial charge >= 0.3 is 5.97 Å². The summed E-state index contributed by atoms with van der Waals surface area (Å²) in [6.45, 7) is 4.47. The smallest absolute Gasteiger partial charge is 0.307 e. The highest BCUT2D eigenvalue weighted by Gasteiger charge is 2.08. The van der Waals surface area contributed by atoms with Crippen LogP contribution in [-0.2, 0) is 14.3 Å². The van der Waals surface area contributed by atoms with Crippen LogP contribution in [0.15, 0.2) is 28.7 Å². The summed E-state index contributed by atoms with van der Waals surface area (Å²) in [5.74, 6) is -0.436. The van der Waals surface area contributed by atoms with Gasteiger partial charge in [-0.3, -0.25) is 9.59 Å². The molecule has 0 aliphatic heterocycles. The summed E-state index contributed by atoms with van der Waals surface area (Å²) < 4.78 is 5.77. The summed E-state index contributed by atoms with van der Waals surface area (Å²) in [5, 5.41) is 0. The highest BCUT2D eigenvalue weighted by Crippen LogP contribution is 2.19. The van der Waals surface area contributed by atoms with E-state index in [1.807, 2.05) is 25.1 Å². The minimum Gasteiger partial charge on any atom is -0.466 e. The zero-order valence-electron chi connectivity index (χ0n) is 12.6. The molecule has 0 atom stereocenters. The minimum atomic E-state index is -0.289. The van der Waals surface area contributed by atoms with Gasteiger partial charge in [0.2, 0.25) is 5.91 Å². The van der Waals surface area contributed by atoms with E-state index in [1.54, 1.807) is 20.0 Å². The number of likely N-dealkylation sites (N-methyl/N-ethyl adjacent to an activating group) is 1. The number of carbonyl (C=O) groups excluding carboxylic acids is 2. The van der Waals surface area contributed by atoms with Crippen LogP contribution in [0.25, 0.3) is 6.08 Å². The lowest BCUT2D eigenvalue weighted by atomic mass is 10.1. The van der Waals surface area contributed by atoms with Gasteiger partial charge in [0.25, 0.3) is 0 Å². The van der Waals surface area contributed by atoms with E-state index in [0.717, 1.165) is 15.6 Å². The molecule has 0 fully saturated rings. The fraction of sp³-hybridized carbons (Fsp3) is 0.375. The van der Waals surface area contributed by atoms with Crippen molar-refractivity contribution in [2.24, 2.45) is 0 Å². The molecule has 0 bridgehead atoms. The molecule has 21 heavy (non-hydrogen) atoms. The van der Waals surface area contributed by atoms with E-state index in [2.05, 4.69) is 15.9 Å². The van der Waals surface area contributed by atoms with E-state index < -0.39 is 0 Å². The van der Waals surface area contributed by atoms with Crippen LogP contribution in [0.1, 0.15) is 24.5 Å². The standard InChI is InChI=1S/C16H20BrNO3/c1-4-21-16(20)9-10-18(3)15(19)8-7-13-6-5-12(2)11-14(13)17/h5-8,11H,4,9-10H2,1-3H3. The molecule has 0 unspecified atom stereocenters. The molecule has 4 nitrogen and oxygen atoms in total. The van der Waals surface area contributed by atoms with Crippen molar-refractivity contribution in [3.8, 4) is 0 Å². The quantitative estimate of drug-likeness (QED) is 0.582. The number of rotatable bonds is 6. The maximum absolute atomic E-state index is 11.9. The van der Waals surface area contributed by atoms with Crippen molar-refractivity contribution >= 4 is 33.9 Å². The van der Waals surface area contributed by atoms with Gasteiger partial charge in [-0.25, -0.2) is 0 Å². The van der Waals surface area contributed by atoms with Gasteiger partial charge in [-0.15, -0.1) is 0 Å². The first kappa shape index (κ1) is 17.4. The van der Waals surface area contributed by atoms with Crippen LogP contribution in [0.4, 0.5) is 0 Å². The molecule has 114 valence electrons. The van der Waals surface area contributed by atoms with Crippen LogP contribution in [0.2, 0.25) is 0 Å². The molecule has 1 rings (SSSR count). The van der Waals surface area contributed by atoms with Gasteiger partial charge in [-0.2, -0.15) is 0 Å². The molecule has 0 N–H and O–H groups in total. The lowest BCUT2D eigenvalue weighted by Gasteiger charge is -2.14. The van der Waals surface area contributed by atoms with E-state index in [-0.39, 0.29) is 18.3 Å². The first-order valence-corrected chi connectivity index (χ1v) is 7.58. The molecule has 0 aliphatic carbocycles. The maximum atomic E-state index is 11.9. The molecule has 0 aromatic heterocycles. The van der Waals surface area contributed by atoms with Crippen LogP contribution in [-0.4, -0.2) is 37.0 Å². The molecule has 0 heterocycles. The molecule has 0 spiro atoms. The van der Waals surface area contributed by atoms with Gasteiger partial charge in [0, 0.05) is 24.1 Å². The van der Waals surface area contributed by atoms with E-state index in [4.69, 9.17) is 4.74 Å². The van der Waals surface area contributed by atoms with Gasteiger partial charge in [-0.05, 0) is 37.1 Å². The summed E-state index contributed by atoms with van der Waals surface area (Å²) in [5.41, 5.74) is 2.09. The third-order valence-corrected chi connectivity index (χ3v) is 3.58. The monoisotopic (exact) mass is 353 g/mol. The zero-order chi connectivity index (χ0) is 15.8. The van der Waals surface area contributed by atoms with Crippen molar-refractivity contribution in [3.05, 3.63) is 39.9 Å². The van der Waals surface area contributed by atoms with Crippen molar-refractivity contribution in [2.75, 3.05) is 20.2 Å². The lowest BCUT2D eigenvalue weighted by Crippen LogP contribution is -2.27. The number of hydrogen-bond acceptors (Lipinski definition) is 3. The van der Waals surface area contributed by atoms with Gasteiger partial charge in [0.05, 0.1) is 13.0 Å².